The van der Waals surface area contributed by atoms with E-state index in [1.807, 2.05) is 0 Å². The average molecular weight is 159 g/mol. The summed E-state index contributed by atoms with van der Waals surface area (Å²) in [5.41, 5.74) is 0. The molecule has 0 aromatic carbocycles. The van der Waals surface area contributed by atoms with E-state index in [9.17, 15) is 0 Å². The van der Waals surface area contributed by atoms with E-state index in [1.54, 1.807) is 6.92 Å². The minimum atomic E-state index is -0.264. The van der Waals surface area contributed by atoms with Crippen molar-refractivity contribution in [1.29, 1.82) is 0 Å². The Bertz CT molecular complexity index is 111. The van der Waals surface area contributed by atoms with Crippen LogP contribution in [0, 0.1) is 5.92 Å². The van der Waals surface area contributed by atoms with Crippen LogP contribution < -0.4 is 5.32 Å². The van der Waals surface area contributed by atoms with Gasteiger partial charge in [-0.3, -0.25) is 0 Å². The quantitative estimate of drug-likeness (QED) is 0.529. The Morgan fingerprint density at radius 2 is 2.18 bits per heavy atom. The number of hydrogen-bond donors (Lipinski definition) is 3. The fraction of sp³-hybridized carbons (Fsp3) is 1.00. The first kappa shape index (κ1) is 8.97. The molecule has 0 aromatic heterocycles. The SMILES string of the molecule is C[C@H](O)CNCC1CC(O)C1. The standard InChI is InChI=1S/C8H17NO2/c1-6(10)4-9-5-7-2-8(11)3-7/h6-11H,2-5H2,1H3/t6-,7?,8?/m0/s1. The summed E-state index contributed by atoms with van der Waals surface area (Å²) in [6.07, 6.45) is 1.52. The Kier molecular flexibility index (Phi) is 3.30. The number of nitrogens with one attached hydrogen (secondary N) is 1. The van der Waals surface area contributed by atoms with Crippen molar-refractivity contribution in [3.8, 4) is 0 Å². The lowest BCUT2D eigenvalue weighted by molar-refractivity contribution is 0.0418. The van der Waals surface area contributed by atoms with E-state index in [0.29, 0.717) is 12.5 Å². The third-order valence-electron chi connectivity index (χ3n) is 2.08. The highest BCUT2D eigenvalue weighted by Crippen LogP contribution is 2.25. The predicted molar refractivity (Wildman–Crippen MR) is 43.3 cm³/mol. The number of rotatable bonds is 4. The highest BCUT2D eigenvalue weighted by molar-refractivity contribution is 4.80. The molecule has 0 saturated heterocycles. The van der Waals surface area contributed by atoms with Crippen molar-refractivity contribution in [3.05, 3.63) is 0 Å². The van der Waals surface area contributed by atoms with Crippen LogP contribution >= 0.6 is 0 Å². The molecule has 0 aromatic rings. The molecule has 3 nitrogen and oxygen atoms in total. The highest BCUT2D eigenvalue weighted by Gasteiger charge is 2.26. The molecule has 3 N–H and O–H groups in total. The molecular formula is C8H17NO2. The summed E-state index contributed by atoms with van der Waals surface area (Å²) in [4.78, 5) is 0. The lowest BCUT2D eigenvalue weighted by Crippen LogP contribution is -2.38. The van der Waals surface area contributed by atoms with Crippen LogP contribution in [0.2, 0.25) is 0 Å². The molecule has 0 aliphatic heterocycles. The molecule has 0 bridgehead atoms. The van der Waals surface area contributed by atoms with Gasteiger partial charge in [-0.25, -0.2) is 0 Å². The summed E-state index contributed by atoms with van der Waals surface area (Å²) in [7, 11) is 0. The molecule has 1 aliphatic carbocycles. The summed E-state index contributed by atoms with van der Waals surface area (Å²) < 4.78 is 0. The van der Waals surface area contributed by atoms with E-state index < -0.39 is 0 Å². The van der Waals surface area contributed by atoms with Crippen molar-refractivity contribution >= 4 is 0 Å². The van der Waals surface area contributed by atoms with Gasteiger partial charge >= 0.3 is 0 Å². The van der Waals surface area contributed by atoms with Gasteiger partial charge in [-0.1, -0.05) is 0 Å². The van der Waals surface area contributed by atoms with Gasteiger partial charge in [-0.05, 0) is 32.2 Å². The number of hydrogen-bond acceptors (Lipinski definition) is 3. The van der Waals surface area contributed by atoms with Crippen LogP contribution in [0.4, 0.5) is 0 Å². The second kappa shape index (κ2) is 4.04. The zero-order chi connectivity index (χ0) is 8.27. The second-order valence-corrected chi connectivity index (χ2v) is 3.50. The zero-order valence-electron chi connectivity index (χ0n) is 6.95. The molecule has 0 unspecified atom stereocenters. The van der Waals surface area contributed by atoms with Gasteiger partial charge in [0.2, 0.25) is 0 Å². The first-order valence-electron chi connectivity index (χ1n) is 4.25. The van der Waals surface area contributed by atoms with Gasteiger partial charge in [-0.2, -0.15) is 0 Å². The fourth-order valence-electron chi connectivity index (χ4n) is 1.36. The first-order chi connectivity index (χ1) is 5.18. The van der Waals surface area contributed by atoms with Crippen molar-refractivity contribution in [2.75, 3.05) is 13.1 Å². The van der Waals surface area contributed by atoms with E-state index >= 15 is 0 Å². The third kappa shape index (κ3) is 3.18. The Hall–Kier alpha value is -0.120. The molecule has 1 aliphatic rings. The van der Waals surface area contributed by atoms with E-state index in [4.69, 9.17) is 10.2 Å². The molecule has 11 heavy (non-hydrogen) atoms. The van der Waals surface area contributed by atoms with Gasteiger partial charge in [-0.15, -0.1) is 0 Å². The largest absolute Gasteiger partial charge is 0.393 e. The van der Waals surface area contributed by atoms with Crippen molar-refractivity contribution in [2.45, 2.75) is 32.0 Å². The summed E-state index contributed by atoms with van der Waals surface area (Å²) in [6, 6.07) is 0. The summed E-state index contributed by atoms with van der Waals surface area (Å²) in [5.74, 6) is 0.628. The molecule has 66 valence electrons. The molecule has 1 atom stereocenters. The Morgan fingerprint density at radius 1 is 1.55 bits per heavy atom. The summed E-state index contributed by atoms with van der Waals surface area (Å²) in [6.45, 7) is 3.36. The van der Waals surface area contributed by atoms with E-state index in [1.165, 1.54) is 0 Å². The zero-order valence-corrected chi connectivity index (χ0v) is 6.95. The van der Waals surface area contributed by atoms with Crippen LogP contribution in [-0.4, -0.2) is 35.5 Å². The minimum absolute atomic E-state index is 0.0617. The topological polar surface area (TPSA) is 52.5 Å². The Balaban J connectivity index is 1.89. The van der Waals surface area contributed by atoms with Crippen molar-refractivity contribution in [3.63, 3.8) is 0 Å². The van der Waals surface area contributed by atoms with E-state index in [-0.39, 0.29) is 12.2 Å². The van der Waals surface area contributed by atoms with Crippen LogP contribution in [0.5, 0.6) is 0 Å². The second-order valence-electron chi connectivity index (χ2n) is 3.50. The Morgan fingerprint density at radius 3 is 2.64 bits per heavy atom. The molecule has 0 spiro atoms. The number of aliphatic hydroxyl groups excluding tert-OH is 2. The summed E-state index contributed by atoms with van der Waals surface area (Å²) in [5, 5.41) is 21.0. The smallest absolute Gasteiger partial charge is 0.0636 e. The van der Waals surface area contributed by atoms with Gasteiger partial charge in [0, 0.05) is 6.54 Å². The first-order valence-corrected chi connectivity index (χ1v) is 4.25. The maximum atomic E-state index is 8.95. The molecule has 1 saturated carbocycles. The molecule has 3 heteroatoms. The van der Waals surface area contributed by atoms with E-state index in [0.717, 1.165) is 19.4 Å². The Labute approximate surface area is 67.4 Å². The van der Waals surface area contributed by atoms with Gasteiger partial charge < -0.3 is 15.5 Å². The molecule has 1 rings (SSSR count). The monoisotopic (exact) mass is 159 g/mol. The van der Waals surface area contributed by atoms with Crippen molar-refractivity contribution in [1.82, 2.24) is 5.32 Å². The molecular weight excluding hydrogens is 142 g/mol. The third-order valence-corrected chi connectivity index (χ3v) is 2.08. The van der Waals surface area contributed by atoms with Gasteiger partial charge in [0.15, 0.2) is 0 Å². The van der Waals surface area contributed by atoms with Crippen LogP contribution in [0.3, 0.4) is 0 Å². The average Bonchev–Trinajstić information content (AvgIpc) is 1.83. The van der Waals surface area contributed by atoms with Crippen LogP contribution in [0.1, 0.15) is 19.8 Å². The maximum absolute atomic E-state index is 8.95. The van der Waals surface area contributed by atoms with Crippen molar-refractivity contribution in [2.24, 2.45) is 5.92 Å². The molecule has 0 amide bonds. The van der Waals surface area contributed by atoms with E-state index in [2.05, 4.69) is 5.32 Å². The molecule has 0 radical (unpaired) electrons. The number of aliphatic hydroxyl groups is 2. The summed E-state index contributed by atoms with van der Waals surface area (Å²) >= 11 is 0. The molecule has 1 fully saturated rings. The minimum Gasteiger partial charge on any atom is -0.393 e. The van der Waals surface area contributed by atoms with Crippen LogP contribution in [-0.2, 0) is 0 Å². The highest BCUT2D eigenvalue weighted by atomic mass is 16.3. The van der Waals surface area contributed by atoms with Crippen LogP contribution in [0.15, 0.2) is 0 Å². The molecule has 0 heterocycles. The van der Waals surface area contributed by atoms with Gasteiger partial charge in [0.25, 0.3) is 0 Å². The van der Waals surface area contributed by atoms with Gasteiger partial charge in [0.1, 0.15) is 0 Å². The van der Waals surface area contributed by atoms with Gasteiger partial charge in [0.05, 0.1) is 12.2 Å². The van der Waals surface area contributed by atoms with Crippen molar-refractivity contribution < 1.29 is 10.2 Å². The normalized spacial score (nSPS) is 33.0. The van der Waals surface area contributed by atoms with Crippen LogP contribution in [0.25, 0.3) is 0 Å². The fourth-order valence-corrected chi connectivity index (χ4v) is 1.36. The maximum Gasteiger partial charge on any atom is 0.0636 e. The lowest BCUT2D eigenvalue weighted by Gasteiger charge is -2.31. The predicted octanol–water partition coefficient (Wildman–Crippen LogP) is -0.272. The lowest BCUT2D eigenvalue weighted by atomic mass is 9.82.